The lowest BCUT2D eigenvalue weighted by Crippen LogP contribution is -2.42. The first-order chi connectivity index (χ1) is 12.0. The number of nitrogens with zero attached hydrogens (tertiary/aromatic N) is 2. The monoisotopic (exact) mass is 343 g/mol. The highest BCUT2D eigenvalue weighted by atomic mass is 16.2. The molecule has 8 nitrogen and oxygen atoms in total. The first-order valence-electron chi connectivity index (χ1n) is 8.14. The van der Waals surface area contributed by atoms with Crippen molar-refractivity contribution < 1.29 is 4.79 Å². The Balaban J connectivity index is 1.91. The molecule has 1 unspecified atom stereocenters. The first-order valence-corrected chi connectivity index (χ1v) is 8.14. The Morgan fingerprint density at radius 2 is 1.96 bits per heavy atom. The second-order valence-electron chi connectivity index (χ2n) is 6.16. The molecule has 1 amide bonds. The highest BCUT2D eigenvalue weighted by Crippen LogP contribution is 2.14. The quantitative estimate of drug-likeness (QED) is 0.700. The molecule has 0 radical (unpaired) electrons. The highest BCUT2D eigenvalue weighted by Gasteiger charge is 2.22. The number of amides is 1. The summed E-state index contributed by atoms with van der Waals surface area (Å²) in [7, 11) is 1.42. The van der Waals surface area contributed by atoms with Crippen LogP contribution in [0.15, 0.2) is 39.9 Å². The van der Waals surface area contributed by atoms with Crippen LogP contribution in [0.1, 0.15) is 18.4 Å². The Hall–Kier alpha value is -3.03. The van der Waals surface area contributed by atoms with Crippen molar-refractivity contribution in [1.29, 1.82) is 0 Å². The molecule has 1 aromatic heterocycles. The highest BCUT2D eigenvalue weighted by molar-refractivity contribution is 5.78. The van der Waals surface area contributed by atoms with E-state index in [4.69, 9.17) is 5.73 Å². The van der Waals surface area contributed by atoms with Gasteiger partial charge in [-0.1, -0.05) is 30.3 Å². The molecular weight excluding hydrogens is 322 g/mol. The van der Waals surface area contributed by atoms with Gasteiger partial charge in [0, 0.05) is 26.1 Å². The molecule has 1 aromatic carbocycles. The summed E-state index contributed by atoms with van der Waals surface area (Å²) in [5, 5.41) is 5.83. The lowest BCUT2D eigenvalue weighted by atomic mass is 10.2. The predicted octanol–water partition coefficient (Wildman–Crippen LogP) is -0.132. The fourth-order valence-corrected chi connectivity index (χ4v) is 2.92. The minimum atomic E-state index is -0.476. The van der Waals surface area contributed by atoms with Gasteiger partial charge < -0.3 is 16.4 Å². The van der Waals surface area contributed by atoms with E-state index in [2.05, 4.69) is 10.6 Å². The van der Waals surface area contributed by atoms with E-state index < -0.39 is 11.2 Å². The van der Waals surface area contributed by atoms with Crippen LogP contribution in [0, 0.1) is 0 Å². The molecule has 2 heterocycles. The van der Waals surface area contributed by atoms with Crippen molar-refractivity contribution in [1.82, 2.24) is 14.5 Å². The Morgan fingerprint density at radius 3 is 2.60 bits per heavy atom. The lowest BCUT2D eigenvalue weighted by molar-refractivity contribution is -0.119. The van der Waals surface area contributed by atoms with Crippen LogP contribution in [0.2, 0.25) is 0 Å². The largest absolute Gasteiger partial charge is 0.383 e. The van der Waals surface area contributed by atoms with Gasteiger partial charge in [0.05, 0.1) is 6.54 Å². The summed E-state index contributed by atoms with van der Waals surface area (Å²) >= 11 is 0. The number of nitrogens with one attached hydrogen (secondary N) is 2. The minimum Gasteiger partial charge on any atom is -0.383 e. The molecule has 132 valence electrons. The molecule has 3 rings (SSSR count). The molecule has 2 aromatic rings. The summed E-state index contributed by atoms with van der Waals surface area (Å²) in [5.41, 5.74) is 6.26. The zero-order valence-corrected chi connectivity index (χ0v) is 14.0. The topological polar surface area (TPSA) is 111 Å². The number of nitrogen functional groups attached to an aromatic ring is 1. The van der Waals surface area contributed by atoms with Crippen LogP contribution < -0.4 is 27.6 Å². The number of hydrogen-bond acceptors (Lipinski definition) is 5. The van der Waals surface area contributed by atoms with E-state index in [0.717, 1.165) is 10.1 Å². The predicted molar refractivity (Wildman–Crippen MR) is 95.6 cm³/mol. The van der Waals surface area contributed by atoms with Gasteiger partial charge in [0.2, 0.25) is 5.91 Å². The maximum Gasteiger partial charge on any atom is 0.332 e. The lowest BCUT2D eigenvalue weighted by Gasteiger charge is -2.18. The molecular formula is C17H21N5O3. The number of benzene rings is 1. The summed E-state index contributed by atoms with van der Waals surface area (Å²) in [6.07, 6.45) is 1.18. The number of carbonyl (C=O) groups excluding carboxylic acids is 1. The van der Waals surface area contributed by atoms with Gasteiger partial charge in [-0.25, -0.2) is 4.79 Å². The number of carbonyl (C=O) groups is 1. The maximum atomic E-state index is 12.4. The molecule has 1 aliphatic rings. The molecule has 0 saturated carbocycles. The van der Waals surface area contributed by atoms with Gasteiger partial charge in [0.15, 0.2) is 0 Å². The number of rotatable bonds is 5. The van der Waals surface area contributed by atoms with E-state index in [9.17, 15) is 14.4 Å². The van der Waals surface area contributed by atoms with Crippen LogP contribution in [0.4, 0.5) is 11.5 Å². The van der Waals surface area contributed by atoms with Crippen molar-refractivity contribution in [2.45, 2.75) is 25.4 Å². The third kappa shape index (κ3) is 3.42. The van der Waals surface area contributed by atoms with Crippen molar-refractivity contribution in [2.24, 2.45) is 7.05 Å². The first kappa shape index (κ1) is 16.8. The average Bonchev–Trinajstić information content (AvgIpc) is 3.03. The molecule has 0 aliphatic carbocycles. The van der Waals surface area contributed by atoms with E-state index in [1.165, 1.54) is 11.6 Å². The number of hydrogen-bond donors (Lipinski definition) is 3. The molecule has 1 fully saturated rings. The summed E-state index contributed by atoms with van der Waals surface area (Å²) in [5.74, 6) is 0.1000. The molecule has 1 saturated heterocycles. The van der Waals surface area contributed by atoms with Crippen molar-refractivity contribution in [3.63, 3.8) is 0 Å². The van der Waals surface area contributed by atoms with Crippen LogP contribution in [-0.4, -0.2) is 27.6 Å². The van der Waals surface area contributed by atoms with E-state index >= 15 is 0 Å². The van der Waals surface area contributed by atoms with E-state index in [0.29, 0.717) is 19.4 Å². The second kappa shape index (κ2) is 6.84. The van der Waals surface area contributed by atoms with Crippen LogP contribution in [0.25, 0.3) is 0 Å². The van der Waals surface area contributed by atoms with Crippen LogP contribution in [-0.2, 0) is 18.4 Å². The Labute approximate surface area is 144 Å². The van der Waals surface area contributed by atoms with Gasteiger partial charge >= 0.3 is 5.69 Å². The van der Waals surface area contributed by atoms with Crippen LogP contribution >= 0.6 is 0 Å². The zero-order valence-electron chi connectivity index (χ0n) is 14.0. The summed E-state index contributed by atoms with van der Waals surface area (Å²) < 4.78 is 2.40. The van der Waals surface area contributed by atoms with Crippen molar-refractivity contribution in [3.8, 4) is 0 Å². The number of aromatic nitrogens is 2. The van der Waals surface area contributed by atoms with Gasteiger partial charge in [-0.15, -0.1) is 0 Å². The summed E-state index contributed by atoms with van der Waals surface area (Å²) in [6, 6.07) is 9.36. The average molecular weight is 343 g/mol. The second-order valence-corrected chi connectivity index (χ2v) is 6.16. The zero-order chi connectivity index (χ0) is 18.0. The van der Waals surface area contributed by atoms with Gasteiger partial charge in [-0.3, -0.25) is 18.7 Å². The molecule has 1 atom stereocenters. The van der Waals surface area contributed by atoms with Gasteiger partial charge in [0.1, 0.15) is 11.5 Å². The molecule has 0 bridgehead atoms. The Morgan fingerprint density at radius 1 is 1.24 bits per heavy atom. The molecule has 4 N–H and O–H groups in total. The van der Waals surface area contributed by atoms with Crippen molar-refractivity contribution >= 4 is 17.4 Å². The van der Waals surface area contributed by atoms with Crippen LogP contribution in [0.5, 0.6) is 0 Å². The maximum absolute atomic E-state index is 12.4. The Kier molecular flexibility index (Phi) is 4.60. The van der Waals surface area contributed by atoms with Gasteiger partial charge in [0.25, 0.3) is 5.56 Å². The molecule has 25 heavy (non-hydrogen) atoms. The number of anilines is 2. The summed E-state index contributed by atoms with van der Waals surface area (Å²) in [6.45, 7) is 0.656. The van der Waals surface area contributed by atoms with E-state index in [-0.39, 0.29) is 30.0 Å². The molecule has 8 heteroatoms. The Bertz CT molecular complexity index is 901. The standard InChI is InChI=1S/C17H21N5O3/c1-21-16(24)14(19-9-12-7-8-13(23)20-12)15(18)22(17(21)25)10-11-5-3-2-4-6-11/h2-6,12,19H,7-10,18H2,1H3,(H,20,23). The van der Waals surface area contributed by atoms with E-state index in [1.54, 1.807) is 0 Å². The third-order valence-corrected chi connectivity index (χ3v) is 4.38. The summed E-state index contributed by atoms with van der Waals surface area (Å²) in [4.78, 5) is 36.1. The number of nitrogens with two attached hydrogens (primary N) is 1. The normalized spacial score (nSPS) is 16.7. The van der Waals surface area contributed by atoms with Gasteiger partial charge in [-0.05, 0) is 12.0 Å². The minimum absolute atomic E-state index is 0.00159. The fourth-order valence-electron chi connectivity index (χ4n) is 2.92. The smallest absolute Gasteiger partial charge is 0.332 e. The van der Waals surface area contributed by atoms with Gasteiger partial charge in [-0.2, -0.15) is 0 Å². The molecule has 1 aliphatic heterocycles. The molecule has 0 spiro atoms. The van der Waals surface area contributed by atoms with Crippen molar-refractivity contribution in [3.05, 3.63) is 56.7 Å². The van der Waals surface area contributed by atoms with E-state index in [1.807, 2.05) is 30.3 Å². The van der Waals surface area contributed by atoms with Crippen molar-refractivity contribution in [2.75, 3.05) is 17.6 Å². The SMILES string of the molecule is Cn1c(=O)c(NCC2CCC(=O)N2)c(N)n(Cc2ccccc2)c1=O. The van der Waals surface area contributed by atoms with Crippen LogP contribution in [0.3, 0.4) is 0 Å². The fraction of sp³-hybridized carbons (Fsp3) is 0.353. The third-order valence-electron chi connectivity index (χ3n) is 4.38.